The molecule has 1 aliphatic rings. The van der Waals surface area contributed by atoms with Gasteiger partial charge in [-0.1, -0.05) is 32.9 Å². The lowest BCUT2D eigenvalue weighted by Gasteiger charge is -2.19. The molecule has 0 saturated carbocycles. The van der Waals surface area contributed by atoms with Gasteiger partial charge in [-0.15, -0.1) is 0 Å². The Balaban J connectivity index is 0.000000413. The third-order valence-electron chi connectivity index (χ3n) is 3.78. The molecule has 1 aliphatic heterocycles. The molecule has 134 valence electrons. The smallest absolute Gasteiger partial charge is 0.414 e. The van der Waals surface area contributed by atoms with E-state index in [1.54, 1.807) is 0 Å². The van der Waals surface area contributed by atoms with Crippen LogP contribution in [-0.4, -0.2) is 53.3 Å². The average molecular weight is 337 g/mol. The number of benzene rings is 1. The van der Waals surface area contributed by atoms with E-state index in [0.29, 0.717) is 0 Å². The first-order valence-electron chi connectivity index (χ1n) is 8.12. The molecular weight excluding hydrogens is 310 g/mol. The van der Waals surface area contributed by atoms with Crippen LogP contribution in [0.3, 0.4) is 0 Å². The zero-order valence-electron chi connectivity index (χ0n) is 14.6. The first-order chi connectivity index (χ1) is 11.2. The highest BCUT2D eigenvalue weighted by Crippen LogP contribution is 2.24. The van der Waals surface area contributed by atoms with Gasteiger partial charge < -0.3 is 14.9 Å². The van der Waals surface area contributed by atoms with Crippen molar-refractivity contribution in [2.45, 2.75) is 39.0 Å². The summed E-state index contributed by atoms with van der Waals surface area (Å²) < 4.78 is 5.79. The summed E-state index contributed by atoms with van der Waals surface area (Å²) in [6.45, 7) is 11.0. The molecule has 0 spiro atoms. The largest absolute Gasteiger partial charge is 0.492 e. The van der Waals surface area contributed by atoms with E-state index < -0.39 is 11.9 Å². The molecule has 0 unspecified atom stereocenters. The topological polar surface area (TPSA) is 87.1 Å². The van der Waals surface area contributed by atoms with Crippen LogP contribution in [0.15, 0.2) is 24.3 Å². The fraction of sp³-hybridized carbons (Fsp3) is 0.556. The summed E-state index contributed by atoms with van der Waals surface area (Å²) in [5.41, 5.74) is 1.57. The Hall–Kier alpha value is -2.08. The summed E-state index contributed by atoms with van der Waals surface area (Å²) in [6, 6.07) is 8.52. The van der Waals surface area contributed by atoms with Crippen LogP contribution in [0.5, 0.6) is 5.75 Å². The highest BCUT2D eigenvalue weighted by molar-refractivity contribution is 6.27. The molecule has 24 heavy (non-hydrogen) atoms. The van der Waals surface area contributed by atoms with Gasteiger partial charge in [0, 0.05) is 6.54 Å². The minimum Gasteiger partial charge on any atom is -0.492 e. The van der Waals surface area contributed by atoms with Crippen LogP contribution in [0.1, 0.15) is 39.2 Å². The summed E-state index contributed by atoms with van der Waals surface area (Å²) in [5.74, 6) is -2.66. The van der Waals surface area contributed by atoms with Crippen LogP contribution < -0.4 is 4.74 Å². The molecule has 6 nitrogen and oxygen atoms in total. The Bertz CT molecular complexity index is 515. The molecule has 0 radical (unpaired) electrons. The maximum Gasteiger partial charge on any atom is 0.414 e. The van der Waals surface area contributed by atoms with Crippen molar-refractivity contribution in [2.24, 2.45) is 0 Å². The van der Waals surface area contributed by atoms with Gasteiger partial charge in [-0.2, -0.15) is 0 Å². The van der Waals surface area contributed by atoms with Crippen molar-refractivity contribution in [3.63, 3.8) is 0 Å². The molecule has 1 heterocycles. The van der Waals surface area contributed by atoms with Crippen molar-refractivity contribution >= 4 is 11.9 Å². The normalized spacial score (nSPS) is 14.6. The van der Waals surface area contributed by atoms with E-state index in [9.17, 15) is 0 Å². The summed E-state index contributed by atoms with van der Waals surface area (Å²) in [7, 11) is 0. The molecule has 1 saturated heterocycles. The molecule has 1 aromatic carbocycles. The number of carboxylic acids is 2. The number of hydrogen-bond acceptors (Lipinski definition) is 4. The monoisotopic (exact) mass is 337 g/mol. The molecule has 0 aliphatic carbocycles. The molecule has 0 atom stereocenters. The molecule has 0 aromatic heterocycles. The van der Waals surface area contributed by atoms with Gasteiger partial charge in [0.05, 0.1) is 0 Å². The number of carboxylic acid groups (broad SMARTS) is 2. The molecular formula is C18H27NO5. The predicted molar refractivity (Wildman–Crippen MR) is 91.6 cm³/mol. The van der Waals surface area contributed by atoms with E-state index in [2.05, 4.69) is 49.9 Å². The number of nitrogens with zero attached hydrogens (tertiary/aromatic N) is 1. The van der Waals surface area contributed by atoms with Gasteiger partial charge in [0.25, 0.3) is 0 Å². The summed E-state index contributed by atoms with van der Waals surface area (Å²) in [6.07, 6.45) is 2.69. The molecule has 0 bridgehead atoms. The Morgan fingerprint density at radius 2 is 1.54 bits per heavy atom. The molecule has 6 heteroatoms. The molecule has 1 aromatic rings. The van der Waals surface area contributed by atoms with E-state index >= 15 is 0 Å². The van der Waals surface area contributed by atoms with Crippen LogP contribution in [0.4, 0.5) is 0 Å². The zero-order chi connectivity index (χ0) is 18.2. The number of aliphatic carboxylic acids is 2. The van der Waals surface area contributed by atoms with Gasteiger partial charge in [0.2, 0.25) is 0 Å². The van der Waals surface area contributed by atoms with Gasteiger partial charge in [0.1, 0.15) is 12.4 Å². The Morgan fingerprint density at radius 1 is 1.04 bits per heavy atom. The first-order valence-corrected chi connectivity index (χ1v) is 8.12. The number of likely N-dealkylation sites (tertiary alicyclic amines) is 1. The fourth-order valence-corrected chi connectivity index (χ4v) is 2.35. The predicted octanol–water partition coefficient (Wildman–Crippen LogP) is 2.61. The summed E-state index contributed by atoms with van der Waals surface area (Å²) in [4.78, 5) is 20.7. The van der Waals surface area contributed by atoms with Crippen molar-refractivity contribution in [1.29, 1.82) is 0 Å². The standard InChI is InChI=1S/C16H25NO.C2H2O4/c1-16(2,3)14-6-8-15(9-7-14)18-13-12-17-10-4-5-11-17;3-1(4)2(5)6/h6-9H,4-5,10-13H2,1-3H3;(H,3,4)(H,5,6). The second-order valence-electron chi connectivity index (χ2n) is 6.78. The highest BCUT2D eigenvalue weighted by atomic mass is 16.5. The number of carbonyl (C=O) groups is 2. The zero-order valence-corrected chi connectivity index (χ0v) is 14.6. The maximum absolute atomic E-state index is 9.10. The van der Waals surface area contributed by atoms with Crippen molar-refractivity contribution < 1.29 is 24.5 Å². The Labute approximate surface area is 143 Å². The van der Waals surface area contributed by atoms with E-state index in [1.165, 1.54) is 31.5 Å². The van der Waals surface area contributed by atoms with E-state index in [4.69, 9.17) is 24.5 Å². The number of hydrogen-bond donors (Lipinski definition) is 2. The van der Waals surface area contributed by atoms with Crippen LogP contribution in [-0.2, 0) is 15.0 Å². The lowest BCUT2D eigenvalue weighted by Crippen LogP contribution is -2.25. The minimum atomic E-state index is -1.82. The highest BCUT2D eigenvalue weighted by Gasteiger charge is 2.13. The fourth-order valence-electron chi connectivity index (χ4n) is 2.35. The maximum atomic E-state index is 9.10. The SMILES string of the molecule is CC(C)(C)c1ccc(OCCN2CCCC2)cc1.O=C(O)C(=O)O. The second-order valence-corrected chi connectivity index (χ2v) is 6.78. The van der Waals surface area contributed by atoms with E-state index in [0.717, 1.165) is 18.9 Å². The third kappa shape index (κ3) is 7.46. The quantitative estimate of drug-likeness (QED) is 0.821. The second kappa shape index (κ2) is 9.27. The van der Waals surface area contributed by atoms with Gasteiger partial charge >= 0.3 is 11.9 Å². The van der Waals surface area contributed by atoms with Gasteiger partial charge in [-0.05, 0) is 49.0 Å². The minimum absolute atomic E-state index is 0.216. The third-order valence-corrected chi connectivity index (χ3v) is 3.78. The lowest BCUT2D eigenvalue weighted by molar-refractivity contribution is -0.159. The van der Waals surface area contributed by atoms with Gasteiger partial charge in [-0.25, -0.2) is 9.59 Å². The number of ether oxygens (including phenoxy) is 1. The van der Waals surface area contributed by atoms with Crippen molar-refractivity contribution in [1.82, 2.24) is 4.90 Å². The molecule has 2 rings (SSSR count). The van der Waals surface area contributed by atoms with Crippen molar-refractivity contribution in [3.05, 3.63) is 29.8 Å². The van der Waals surface area contributed by atoms with E-state index in [-0.39, 0.29) is 5.41 Å². The summed E-state index contributed by atoms with van der Waals surface area (Å²) in [5, 5.41) is 14.8. The molecule has 0 amide bonds. The van der Waals surface area contributed by atoms with E-state index in [1.807, 2.05) is 0 Å². The van der Waals surface area contributed by atoms with Crippen LogP contribution in [0.25, 0.3) is 0 Å². The Morgan fingerprint density at radius 3 is 1.96 bits per heavy atom. The lowest BCUT2D eigenvalue weighted by atomic mass is 9.87. The van der Waals surface area contributed by atoms with Crippen LogP contribution in [0.2, 0.25) is 0 Å². The van der Waals surface area contributed by atoms with Crippen molar-refractivity contribution in [3.8, 4) is 5.75 Å². The van der Waals surface area contributed by atoms with Crippen LogP contribution >= 0.6 is 0 Å². The Kier molecular flexibility index (Phi) is 7.71. The molecule has 1 fully saturated rings. The van der Waals surface area contributed by atoms with Gasteiger partial charge in [0.15, 0.2) is 0 Å². The van der Waals surface area contributed by atoms with Gasteiger partial charge in [-0.3, -0.25) is 4.90 Å². The summed E-state index contributed by atoms with van der Waals surface area (Å²) >= 11 is 0. The number of rotatable bonds is 4. The first kappa shape index (κ1) is 20.0. The average Bonchev–Trinajstić information content (AvgIpc) is 3.01. The van der Waals surface area contributed by atoms with Crippen molar-refractivity contribution in [2.75, 3.05) is 26.2 Å². The van der Waals surface area contributed by atoms with Crippen LogP contribution in [0, 0.1) is 0 Å². The molecule has 2 N–H and O–H groups in total.